The van der Waals surface area contributed by atoms with Crippen LogP contribution in [-0.2, 0) is 23.1 Å². The van der Waals surface area contributed by atoms with E-state index < -0.39 is 22.9 Å². The molecule has 1 aliphatic rings. The van der Waals surface area contributed by atoms with Crippen LogP contribution in [0.15, 0.2) is 22.1 Å². The van der Waals surface area contributed by atoms with Crippen LogP contribution in [0.1, 0.15) is 24.2 Å². The van der Waals surface area contributed by atoms with Crippen molar-refractivity contribution in [1.29, 1.82) is 0 Å². The number of anilines is 1. The summed E-state index contributed by atoms with van der Waals surface area (Å²) in [4.78, 5) is 16.7. The first-order valence-electron chi connectivity index (χ1n) is 7.90. The Hall–Kier alpha value is -1.85. The first kappa shape index (κ1) is 17.6. The first-order valence-corrected chi connectivity index (χ1v) is 10.2. The molecule has 1 saturated heterocycles. The maximum Gasteiger partial charge on any atom is 0.421 e. The molecule has 0 aliphatic carbocycles. The molecule has 0 spiro atoms. The van der Waals surface area contributed by atoms with Crippen molar-refractivity contribution in [3.05, 3.63) is 28.3 Å². The number of rotatable bonds is 4. The lowest BCUT2D eigenvalue weighted by Gasteiger charge is -2.21. The van der Waals surface area contributed by atoms with Crippen molar-refractivity contribution in [2.45, 2.75) is 29.9 Å². The molecule has 26 heavy (non-hydrogen) atoms. The second kappa shape index (κ2) is 6.71. The van der Waals surface area contributed by atoms with Crippen LogP contribution >= 0.6 is 11.3 Å². The number of nitrogens with zero attached hydrogens (tertiary/aromatic N) is 4. The molecule has 3 aromatic rings. The standard InChI is InChI=1S/C15H14F3N5OS2/c16-15(17,18)9-5-19-12(22-13(9)23-3-1-2-4-23)8-26(24)14-20-10-6-25-7-11(10)21-14/h5-7H,1-4,8H2,(H,20,21). The van der Waals surface area contributed by atoms with Crippen LogP contribution in [0.5, 0.6) is 0 Å². The molecule has 4 heterocycles. The molecule has 1 atom stereocenters. The van der Waals surface area contributed by atoms with Crippen molar-refractivity contribution in [3.63, 3.8) is 0 Å². The molecule has 11 heteroatoms. The topological polar surface area (TPSA) is 80.8 Å². The Morgan fingerprint density at radius 1 is 1.23 bits per heavy atom. The number of halogens is 3. The Balaban J connectivity index is 1.61. The second-order valence-corrected chi connectivity index (χ2v) is 8.03. The molecule has 3 aromatic heterocycles. The van der Waals surface area contributed by atoms with Crippen LogP contribution in [0.3, 0.4) is 0 Å². The van der Waals surface area contributed by atoms with E-state index in [4.69, 9.17) is 0 Å². The highest BCUT2D eigenvalue weighted by molar-refractivity contribution is 7.90. The molecule has 4 rings (SSSR count). The molecule has 0 aromatic carbocycles. The van der Waals surface area contributed by atoms with Crippen LogP contribution in [0.25, 0.3) is 11.0 Å². The lowest BCUT2D eigenvalue weighted by Crippen LogP contribution is -2.25. The summed E-state index contributed by atoms with van der Waals surface area (Å²) < 4.78 is 52.3. The van der Waals surface area contributed by atoms with E-state index in [1.54, 1.807) is 4.90 Å². The normalized spacial score (nSPS) is 16.5. The average molecular weight is 401 g/mol. The van der Waals surface area contributed by atoms with Crippen molar-refractivity contribution < 1.29 is 17.7 Å². The van der Waals surface area contributed by atoms with E-state index in [2.05, 4.69) is 19.9 Å². The lowest BCUT2D eigenvalue weighted by molar-refractivity contribution is -0.137. The SMILES string of the molecule is [O-][S+](Cc1ncc(C(F)(F)F)c(N2CCCC2)n1)c1nc2cscc2[nH]1. The van der Waals surface area contributed by atoms with Crippen LogP contribution in [0, 0.1) is 0 Å². The zero-order valence-corrected chi connectivity index (χ0v) is 15.0. The van der Waals surface area contributed by atoms with Gasteiger partial charge in [0, 0.05) is 41.2 Å². The van der Waals surface area contributed by atoms with E-state index in [0.29, 0.717) is 18.6 Å². The van der Waals surface area contributed by atoms with E-state index in [1.165, 1.54) is 11.3 Å². The van der Waals surface area contributed by atoms with Gasteiger partial charge in [-0.25, -0.2) is 9.97 Å². The second-order valence-electron chi connectivity index (χ2n) is 5.92. The Morgan fingerprint density at radius 3 is 2.69 bits per heavy atom. The Labute approximate surface area is 153 Å². The summed E-state index contributed by atoms with van der Waals surface area (Å²) in [5.74, 6) is -0.118. The van der Waals surface area contributed by atoms with Gasteiger partial charge in [0.15, 0.2) is 11.6 Å². The fraction of sp³-hybridized carbons (Fsp3) is 0.400. The van der Waals surface area contributed by atoms with Crippen LogP contribution < -0.4 is 4.90 Å². The third kappa shape index (κ3) is 3.38. The highest BCUT2D eigenvalue weighted by Gasteiger charge is 2.37. The quantitative estimate of drug-likeness (QED) is 0.678. The first-order chi connectivity index (χ1) is 12.4. The summed E-state index contributed by atoms with van der Waals surface area (Å²) in [6, 6.07) is 0. The van der Waals surface area contributed by atoms with E-state index in [9.17, 15) is 17.7 Å². The van der Waals surface area contributed by atoms with Crippen molar-refractivity contribution in [3.8, 4) is 0 Å². The number of hydrogen-bond donors (Lipinski definition) is 1. The largest absolute Gasteiger partial charge is 0.609 e. The van der Waals surface area contributed by atoms with Gasteiger partial charge < -0.3 is 9.45 Å². The van der Waals surface area contributed by atoms with Gasteiger partial charge in [-0.15, -0.1) is 11.3 Å². The van der Waals surface area contributed by atoms with Gasteiger partial charge in [0.1, 0.15) is 16.9 Å². The third-order valence-corrected chi connectivity index (χ3v) is 5.99. The minimum atomic E-state index is -4.53. The molecule has 0 bridgehead atoms. The number of fused-ring (bicyclic) bond motifs is 1. The molecule has 6 nitrogen and oxygen atoms in total. The molecule has 0 saturated carbocycles. The molecule has 0 amide bonds. The number of thiophene rings is 1. The monoisotopic (exact) mass is 401 g/mol. The predicted octanol–water partition coefficient (Wildman–Crippen LogP) is 3.34. The number of nitrogens with one attached hydrogen (secondary N) is 1. The fourth-order valence-corrected chi connectivity index (χ4v) is 4.49. The van der Waals surface area contributed by atoms with Gasteiger partial charge in [-0.2, -0.15) is 18.2 Å². The number of imidazole rings is 1. The lowest BCUT2D eigenvalue weighted by atomic mass is 10.2. The molecular weight excluding hydrogens is 387 g/mol. The van der Waals surface area contributed by atoms with Gasteiger partial charge in [0.25, 0.3) is 0 Å². The molecule has 138 valence electrons. The summed E-state index contributed by atoms with van der Waals surface area (Å²) in [6.07, 6.45) is -2.09. The van der Waals surface area contributed by atoms with Crippen molar-refractivity contribution in [2.24, 2.45) is 0 Å². The maximum atomic E-state index is 13.3. The summed E-state index contributed by atoms with van der Waals surface area (Å²) in [5.41, 5.74) is 0.640. The van der Waals surface area contributed by atoms with Gasteiger partial charge in [0.05, 0.1) is 5.52 Å². The highest BCUT2D eigenvalue weighted by Crippen LogP contribution is 2.36. The molecule has 0 radical (unpaired) electrons. The number of aromatic amines is 1. The number of hydrogen-bond acceptors (Lipinski definition) is 6. The van der Waals surface area contributed by atoms with Crippen molar-refractivity contribution in [1.82, 2.24) is 19.9 Å². The van der Waals surface area contributed by atoms with Crippen molar-refractivity contribution in [2.75, 3.05) is 18.0 Å². The number of alkyl halides is 3. The molecule has 1 aliphatic heterocycles. The van der Waals surface area contributed by atoms with Crippen molar-refractivity contribution >= 4 is 39.4 Å². The van der Waals surface area contributed by atoms with Crippen LogP contribution in [0.2, 0.25) is 0 Å². The van der Waals surface area contributed by atoms with E-state index in [0.717, 1.165) is 24.6 Å². The van der Waals surface area contributed by atoms with E-state index >= 15 is 0 Å². The average Bonchev–Trinajstić information content (AvgIpc) is 3.30. The molecular formula is C15H14F3N5OS2. The van der Waals surface area contributed by atoms with Gasteiger partial charge in [-0.3, -0.25) is 4.98 Å². The predicted molar refractivity (Wildman–Crippen MR) is 92.6 cm³/mol. The zero-order chi connectivity index (χ0) is 18.3. The third-order valence-electron chi connectivity index (χ3n) is 4.11. The molecule has 1 fully saturated rings. The number of H-pyrrole nitrogens is 1. The van der Waals surface area contributed by atoms with Crippen LogP contribution in [-0.4, -0.2) is 37.6 Å². The smallest absolute Gasteiger partial charge is 0.421 e. The summed E-state index contributed by atoms with van der Waals surface area (Å²) >= 11 is -0.0954. The highest BCUT2D eigenvalue weighted by atomic mass is 32.2. The Bertz CT molecular complexity index is 891. The summed E-state index contributed by atoms with van der Waals surface area (Å²) in [7, 11) is 0. The Morgan fingerprint density at radius 2 is 2.00 bits per heavy atom. The summed E-state index contributed by atoms with van der Waals surface area (Å²) in [6.45, 7) is 1.05. The Kier molecular flexibility index (Phi) is 4.53. The van der Waals surface area contributed by atoms with Gasteiger partial charge in [-0.05, 0) is 12.8 Å². The fourth-order valence-electron chi connectivity index (χ4n) is 2.86. The maximum absolute atomic E-state index is 13.3. The minimum absolute atomic E-state index is 0.0987. The minimum Gasteiger partial charge on any atom is -0.609 e. The summed E-state index contributed by atoms with van der Waals surface area (Å²) in [5, 5.41) is 3.95. The van der Waals surface area contributed by atoms with Gasteiger partial charge in [0.2, 0.25) is 0 Å². The number of aromatic nitrogens is 4. The van der Waals surface area contributed by atoms with E-state index in [1.807, 2.05) is 10.8 Å². The molecule has 1 N–H and O–H groups in total. The zero-order valence-electron chi connectivity index (χ0n) is 13.4. The molecule has 1 unspecified atom stereocenters. The van der Waals surface area contributed by atoms with E-state index in [-0.39, 0.29) is 22.6 Å². The van der Waals surface area contributed by atoms with Gasteiger partial charge in [-0.1, -0.05) is 0 Å². The van der Waals surface area contributed by atoms with Gasteiger partial charge >= 0.3 is 11.3 Å². The van der Waals surface area contributed by atoms with Crippen LogP contribution in [0.4, 0.5) is 19.0 Å².